The molecule has 0 aromatic heterocycles. The number of aryl methyl sites for hydroxylation is 2. The minimum absolute atomic E-state index is 0.0829. The van der Waals surface area contributed by atoms with Gasteiger partial charge in [-0.3, -0.25) is 4.79 Å². The first-order valence-electron chi connectivity index (χ1n) is 7.15. The topological polar surface area (TPSA) is 41.5 Å². The van der Waals surface area contributed by atoms with Crippen LogP contribution in [0.1, 0.15) is 22.3 Å². The van der Waals surface area contributed by atoms with E-state index in [1.54, 1.807) is 18.0 Å². The fourth-order valence-corrected chi connectivity index (χ4v) is 2.59. The maximum atomic E-state index is 11.7. The second kappa shape index (κ2) is 8.39. The number of benzene rings is 2. The molecule has 0 fully saturated rings. The molecule has 114 valence electrons. The summed E-state index contributed by atoms with van der Waals surface area (Å²) >= 11 is 1.58. The monoisotopic (exact) mass is 312 g/mol. The Morgan fingerprint density at radius 3 is 2.27 bits per heavy atom. The predicted molar refractivity (Wildman–Crippen MR) is 94.3 cm³/mol. The largest absolute Gasteiger partial charge is 0.272 e. The normalized spacial score (nSPS) is 10.8. The Morgan fingerprint density at radius 1 is 1.05 bits per heavy atom. The van der Waals surface area contributed by atoms with Gasteiger partial charge in [0.2, 0.25) is 5.91 Å². The van der Waals surface area contributed by atoms with Crippen LogP contribution in [0.3, 0.4) is 0 Å². The number of hydrazone groups is 1. The molecule has 0 bridgehead atoms. The van der Waals surface area contributed by atoms with Crippen LogP contribution in [0.5, 0.6) is 0 Å². The first-order chi connectivity index (χ1) is 10.6. The number of amides is 1. The van der Waals surface area contributed by atoms with E-state index in [9.17, 15) is 4.79 Å². The van der Waals surface area contributed by atoms with Crippen LogP contribution in [0.2, 0.25) is 0 Å². The smallest absolute Gasteiger partial charge is 0.250 e. The van der Waals surface area contributed by atoms with Gasteiger partial charge < -0.3 is 0 Å². The Bertz CT molecular complexity index is 633. The molecule has 1 N–H and O–H groups in total. The molecule has 1 amide bonds. The van der Waals surface area contributed by atoms with Crippen LogP contribution < -0.4 is 5.43 Å². The van der Waals surface area contributed by atoms with Crippen molar-refractivity contribution < 1.29 is 4.79 Å². The molecule has 2 aromatic carbocycles. The standard InChI is InChI=1S/C18H20N2OS/c1-14-3-7-16(8-4-14)11-19-20-18(21)13-22-12-17-9-5-15(2)6-10-17/h3-11H,12-13H2,1-2H3,(H,20,21)/b19-11-. The molecule has 0 saturated heterocycles. The number of thioether (sulfide) groups is 1. The molecule has 2 rings (SSSR count). The average molecular weight is 312 g/mol. The van der Waals surface area contributed by atoms with Gasteiger partial charge in [-0.15, -0.1) is 11.8 Å². The Balaban J connectivity index is 1.69. The van der Waals surface area contributed by atoms with Crippen molar-refractivity contribution in [1.29, 1.82) is 0 Å². The molecule has 0 heterocycles. The fourth-order valence-electron chi connectivity index (χ4n) is 1.81. The molecule has 0 aliphatic heterocycles. The van der Waals surface area contributed by atoms with Crippen molar-refractivity contribution in [1.82, 2.24) is 5.43 Å². The maximum Gasteiger partial charge on any atom is 0.250 e. The lowest BCUT2D eigenvalue weighted by Crippen LogP contribution is -2.19. The highest BCUT2D eigenvalue weighted by molar-refractivity contribution is 7.99. The average Bonchev–Trinajstić information content (AvgIpc) is 2.51. The summed E-state index contributed by atoms with van der Waals surface area (Å²) in [7, 11) is 0. The zero-order valence-electron chi connectivity index (χ0n) is 12.9. The van der Waals surface area contributed by atoms with Crippen molar-refractivity contribution in [2.24, 2.45) is 5.10 Å². The van der Waals surface area contributed by atoms with Crippen molar-refractivity contribution in [3.8, 4) is 0 Å². The third-order valence-electron chi connectivity index (χ3n) is 3.10. The van der Waals surface area contributed by atoms with Gasteiger partial charge in [-0.25, -0.2) is 5.43 Å². The minimum Gasteiger partial charge on any atom is -0.272 e. The van der Waals surface area contributed by atoms with E-state index in [4.69, 9.17) is 0 Å². The number of rotatable bonds is 6. The second-order valence-corrected chi connectivity index (χ2v) is 6.17. The van der Waals surface area contributed by atoms with Crippen LogP contribution in [-0.2, 0) is 10.5 Å². The summed E-state index contributed by atoms with van der Waals surface area (Å²) in [5.74, 6) is 1.15. The SMILES string of the molecule is Cc1ccc(/C=N\NC(=O)CSCc2ccc(C)cc2)cc1. The summed E-state index contributed by atoms with van der Waals surface area (Å²) in [6.07, 6.45) is 1.65. The number of hydrogen-bond acceptors (Lipinski definition) is 3. The maximum absolute atomic E-state index is 11.7. The summed E-state index contributed by atoms with van der Waals surface area (Å²) in [5, 5.41) is 3.97. The van der Waals surface area contributed by atoms with Crippen molar-refractivity contribution in [3.05, 3.63) is 70.8 Å². The van der Waals surface area contributed by atoms with Gasteiger partial charge in [0.05, 0.1) is 12.0 Å². The van der Waals surface area contributed by atoms with Gasteiger partial charge in [0.15, 0.2) is 0 Å². The first kappa shape index (κ1) is 16.3. The molecule has 0 spiro atoms. The Morgan fingerprint density at radius 2 is 1.64 bits per heavy atom. The highest BCUT2D eigenvalue weighted by Gasteiger charge is 2.00. The molecule has 0 unspecified atom stereocenters. The van der Waals surface area contributed by atoms with E-state index in [0.29, 0.717) is 5.75 Å². The van der Waals surface area contributed by atoms with Crippen LogP contribution in [0, 0.1) is 13.8 Å². The predicted octanol–water partition coefficient (Wildman–Crippen LogP) is 3.69. The summed E-state index contributed by atoms with van der Waals surface area (Å²) < 4.78 is 0. The highest BCUT2D eigenvalue weighted by atomic mass is 32.2. The summed E-state index contributed by atoms with van der Waals surface area (Å²) in [4.78, 5) is 11.7. The third-order valence-corrected chi connectivity index (χ3v) is 4.11. The zero-order chi connectivity index (χ0) is 15.8. The van der Waals surface area contributed by atoms with Gasteiger partial charge >= 0.3 is 0 Å². The molecule has 22 heavy (non-hydrogen) atoms. The summed E-state index contributed by atoms with van der Waals surface area (Å²) in [6.45, 7) is 4.10. The van der Waals surface area contributed by atoms with E-state index in [1.807, 2.05) is 31.2 Å². The minimum atomic E-state index is -0.0829. The number of carbonyl (C=O) groups is 1. The van der Waals surface area contributed by atoms with E-state index in [1.165, 1.54) is 16.7 Å². The van der Waals surface area contributed by atoms with E-state index >= 15 is 0 Å². The second-order valence-electron chi connectivity index (χ2n) is 5.18. The fraction of sp³-hybridized carbons (Fsp3) is 0.222. The van der Waals surface area contributed by atoms with Gasteiger partial charge in [0.25, 0.3) is 0 Å². The molecule has 2 aromatic rings. The van der Waals surface area contributed by atoms with Crippen molar-refractivity contribution in [2.45, 2.75) is 19.6 Å². The van der Waals surface area contributed by atoms with E-state index in [2.05, 4.69) is 41.7 Å². The molecule has 0 aliphatic carbocycles. The van der Waals surface area contributed by atoms with Crippen LogP contribution in [0.15, 0.2) is 53.6 Å². The Labute approximate surface area is 135 Å². The zero-order valence-corrected chi connectivity index (χ0v) is 13.7. The lowest BCUT2D eigenvalue weighted by Gasteiger charge is -2.02. The van der Waals surface area contributed by atoms with Crippen LogP contribution in [0.25, 0.3) is 0 Å². The van der Waals surface area contributed by atoms with Crippen LogP contribution in [-0.4, -0.2) is 17.9 Å². The quantitative estimate of drug-likeness (QED) is 0.653. The van der Waals surface area contributed by atoms with Gasteiger partial charge in [-0.2, -0.15) is 5.10 Å². The van der Waals surface area contributed by atoms with Crippen molar-refractivity contribution in [3.63, 3.8) is 0 Å². The van der Waals surface area contributed by atoms with E-state index in [-0.39, 0.29) is 5.91 Å². The van der Waals surface area contributed by atoms with E-state index in [0.717, 1.165) is 11.3 Å². The van der Waals surface area contributed by atoms with Crippen LogP contribution >= 0.6 is 11.8 Å². The van der Waals surface area contributed by atoms with Crippen LogP contribution in [0.4, 0.5) is 0 Å². The molecular weight excluding hydrogens is 292 g/mol. The number of hydrogen-bond donors (Lipinski definition) is 1. The van der Waals surface area contributed by atoms with Gasteiger partial charge in [0, 0.05) is 5.75 Å². The van der Waals surface area contributed by atoms with Gasteiger partial charge in [-0.05, 0) is 25.0 Å². The van der Waals surface area contributed by atoms with Gasteiger partial charge in [-0.1, -0.05) is 59.7 Å². The summed E-state index contributed by atoms with van der Waals surface area (Å²) in [5.41, 5.74) is 7.20. The Kier molecular flexibility index (Phi) is 6.22. The lowest BCUT2D eigenvalue weighted by atomic mass is 10.2. The van der Waals surface area contributed by atoms with E-state index < -0.39 is 0 Å². The molecule has 0 aliphatic rings. The molecule has 0 radical (unpaired) electrons. The number of nitrogens with one attached hydrogen (secondary N) is 1. The molecule has 4 heteroatoms. The molecule has 0 saturated carbocycles. The summed E-state index contributed by atoms with van der Waals surface area (Å²) in [6, 6.07) is 16.3. The lowest BCUT2D eigenvalue weighted by molar-refractivity contribution is -0.118. The third kappa shape index (κ3) is 5.74. The van der Waals surface area contributed by atoms with Crippen molar-refractivity contribution >= 4 is 23.9 Å². The van der Waals surface area contributed by atoms with Gasteiger partial charge in [0.1, 0.15) is 0 Å². The first-order valence-corrected chi connectivity index (χ1v) is 8.31. The van der Waals surface area contributed by atoms with Crippen molar-refractivity contribution in [2.75, 3.05) is 5.75 Å². The molecular formula is C18H20N2OS. The molecule has 0 atom stereocenters. The highest BCUT2D eigenvalue weighted by Crippen LogP contribution is 2.12. The number of carbonyl (C=O) groups excluding carboxylic acids is 1. The number of nitrogens with zero attached hydrogens (tertiary/aromatic N) is 1. The Hall–Kier alpha value is -2.07. The molecule has 3 nitrogen and oxygen atoms in total.